The molecule has 0 saturated heterocycles. The molecule has 0 aromatic rings. The van der Waals surface area contributed by atoms with Crippen LogP contribution in [0.15, 0.2) is 0 Å². The lowest BCUT2D eigenvalue weighted by atomic mass is 10.2. The molecule has 0 radical (unpaired) electrons. The summed E-state index contributed by atoms with van der Waals surface area (Å²) in [6.07, 6.45) is -0.346. The first-order valence-corrected chi connectivity index (χ1v) is 5.44. The summed E-state index contributed by atoms with van der Waals surface area (Å²) >= 11 is 0. The molecule has 0 aliphatic rings. The fraction of sp³-hybridized carbons (Fsp3) is 0.818. The van der Waals surface area contributed by atoms with Gasteiger partial charge in [0.05, 0.1) is 19.1 Å². The molecule has 0 unspecified atom stereocenters. The first-order valence-electron chi connectivity index (χ1n) is 5.44. The van der Waals surface area contributed by atoms with E-state index in [1.54, 1.807) is 13.8 Å². The molecule has 5 heteroatoms. The van der Waals surface area contributed by atoms with E-state index in [0.717, 1.165) is 0 Å². The third kappa shape index (κ3) is 7.23. The molecule has 0 fully saturated rings. The van der Waals surface area contributed by atoms with E-state index >= 15 is 0 Å². The molecule has 0 aromatic carbocycles. The van der Waals surface area contributed by atoms with Crippen LogP contribution < -0.4 is 5.73 Å². The Labute approximate surface area is 96.3 Å². The van der Waals surface area contributed by atoms with Crippen molar-refractivity contribution in [3.05, 3.63) is 0 Å². The molecule has 1 atom stereocenters. The Morgan fingerprint density at radius 2 is 1.75 bits per heavy atom. The van der Waals surface area contributed by atoms with E-state index in [0.29, 0.717) is 6.61 Å². The van der Waals surface area contributed by atoms with E-state index < -0.39 is 18.0 Å². The Morgan fingerprint density at radius 1 is 1.19 bits per heavy atom. The van der Waals surface area contributed by atoms with Gasteiger partial charge in [-0.15, -0.1) is 0 Å². The summed E-state index contributed by atoms with van der Waals surface area (Å²) in [7, 11) is 0. The van der Waals surface area contributed by atoms with Gasteiger partial charge in [0.25, 0.3) is 0 Å². The number of hydrogen-bond donors (Lipinski definition) is 1. The lowest BCUT2D eigenvalue weighted by molar-refractivity contribution is -0.154. The maximum absolute atomic E-state index is 11.3. The summed E-state index contributed by atoms with van der Waals surface area (Å²) in [6, 6.07) is -0.940. The zero-order chi connectivity index (χ0) is 12.7. The number of ether oxygens (including phenoxy) is 2. The number of nitrogens with two attached hydrogens (primary N) is 1. The Bertz CT molecular complexity index is 238. The van der Waals surface area contributed by atoms with Gasteiger partial charge in [0.2, 0.25) is 0 Å². The monoisotopic (exact) mass is 231 g/mol. The van der Waals surface area contributed by atoms with Crippen molar-refractivity contribution in [2.45, 2.75) is 46.3 Å². The van der Waals surface area contributed by atoms with Crippen molar-refractivity contribution in [1.29, 1.82) is 0 Å². The number of carbonyl (C=O) groups excluding carboxylic acids is 2. The highest BCUT2D eigenvalue weighted by molar-refractivity contribution is 5.82. The predicted octanol–water partition coefficient (Wildman–Crippen LogP) is 0.855. The van der Waals surface area contributed by atoms with Gasteiger partial charge in [-0.25, -0.2) is 0 Å². The first kappa shape index (κ1) is 14.9. The second-order valence-corrected chi connectivity index (χ2v) is 4.37. The van der Waals surface area contributed by atoms with Gasteiger partial charge in [-0.05, 0) is 19.8 Å². The van der Waals surface area contributed by atoms with Crippen molar-refractivity contribution >= 4 is 11.9 Å². The van der Waals surface area contributed by atoms with Gasteiger partial charge in [-0.2, -0.15) is 0 Å². The third-order valence-corrected chi connectivity index (χ3v) is 1.62. The molecular weight excluding hydrogens is 210 g/mol. The highest BCUT2D eigenvalue weighted by Crippen LogP contribution is 2.00. The summed E-state index contributed by atoms with van der Waals surface area (Å²) in [4.78, 5) is 22.5. The van der Waals surface area contributed by atoms with Crippen LogP contribution in [-0.4, -0.2) is 30.7 Å². The van der Waals surface area contributed by atoms with E-state index in [1.807, 2.05) is 13.8 Å². The van der Waals surface area contributed by atoms with Crippen molar-refractivity contribution in [2.75, 3.05) is 6.61 Å². The summed E-state index contributed by atoms with van der Waals surface area (Å²) < 4.78 is 9.77. The van der Waals surface area contributed by atoms with E-state index in [9.17, 15) is 9.59 Å². The first-order chi connectivity index (χ1) is 7.32. The van der Waals surface area contributed by atoms with Crippen LogP contribution in [0.25, 0.3) is 0 Å². The van der Waals surface area contributed by atoms with E-state index in [1.165, 1.54) is 0 Å². The Hall–Kier alpha value is -1.10. The zero-order valence-corrected chi connectivity index (χ0v) is 10.4. The molecule has 0 amide bonds. The highest BCUT2D eigenvalue weighted by atomic mass is 16.5. The summed E-state index contributed by atoms with van der Waals surface area (Å²) in [5, 5.41) is 0. The second-order valence-electron chi connectivity index (χ2n) is 4.37. The molecule has 0 bridgehead atoms. The summed E-state index contributed by atoms with van der Waals surface area (Å²) in [5.74, 6) is -0.794. The molecular formula is C11H21NO4. The molecule has 0 spiro atoms. The smallest absolute Gasteiger partial charge is 0.323 e. The van der Waals surface area contributed by atoms with Crippen molar-refractivity contribution in [3.63, 3.8) is 0 Å². The lowest BCUT2D eigenvalue weighted by Gasteiger charge is -2.13. The number of hydrogen-bond acceptors (Lipinski definition) is 5. The predicted molar refractivity (Wildman–Crippen MR) is 59.6 cm³/mol. The van der Waals surface area contributed by atoms with Crippen molar-refractivity contribution in [1.82, 2.24) is 0 Å². The molecule has 0 aromatic heterocycles. The summed E-state index contributed by atoms with van der Waals surface area (Å²) in [5.41, 5.74) is 5.50. The van der Waals surface area contributed by atoms with Crippen LogP contribution in [0, 0.1) is 5.92 Å². The minimum absolute atomic E-state index is 0.144. The number of carbonyl (C=O) groups is 2. The fourth-order valence-corrected chi connectivity index (χ4v) is 0.930. The molecule has 0 heterocycles. The van der Waals surface area contributed by atoms with Gasteiger partial charge in [0, 0.05) is 0 Å². The molecule has 0 aliphatic carbocycles. The van der Waals surface area contributed by atoms with Crippen LogP contribution in [0.1, 0.15) is 34.1 Å². The van der Waals surface area contributed by atoms with Gasteiger partial charge in [0.1, 0.15) is 6.04 Å². The van der Waals surface area contributed by atoms with E-state index in [-0.39, 0.29) is 18.4 Å². The van der Waals surface area contributed by atoms with Crippen LogP contribution in [0.5, 0.6) is 0 Å². The second kappa shape index (κ2) is 7.22. The maximum Gasteiger partial charge on any atom is 0.323 e. The topological polar surface area (TPSA) is 78.6 Å². The average molecular weight is 231 g/mol. The van der Waals surface area contributed by atoms with Crippen LogP contribution in [0.2, 0.25) is 0 Å². The van der Waals surface area contributed by atoms with Gasteiger partial charge in [0.15, 0.2) is 0 Å². The van der Waals surface area contributed by atoms with Gasteiger partial charge in [-0.1, -0.05) is 13.8 Å². The zero-order valence-electron chi connectivity index (χ0n) is 10.4. The van der Waals surface area contributed by atoms with Crippen LogP contribution in [0.4, 0.5) is 0 Å². The fourth-order valence-electron chi connectivity index (χ4n) is 0.930. The number of esters is 2. The van der Waals surface area contributed by atoms with Crippen LogP contribution in [-0.2, 0) is 19.1 Å². The Kier molecular flexibility index (Phi) is 6.72. The molecule has 94 valence electrons. The van der Waals surface area contributed by atoms with Crippen LogP contribution >= 0.6 is 0 Å². The lowest BCUT2D eigenvalue weighted by Crippen LogP contribution is -2.36. The summed E-state index contributed by atoms with van der Waals surface area (Å²) in [6.45, 7) is 7.63. The normalized spacial score (nSPS) is 12.7. The maximum atomic E-state index is 11.3. The highest BCUT2D eigenvalue weighted by Gasteiger charge is 2.20. The van der Waals surface area contributed by atoms with Crippen molar-refractivity contribution in [2.24, 2.45) is 11.7 Å². The van der Waals surface area contributed by atoms with Gasteiger partial charge < -0.3 is 15.2 Å². The molecule has 5 nitrogen and oxygen atoms in total. The SMILES string of the molecule is CC(C)COC(=O)[C@@H](N)CC(=O)OC(C)C. The largest absolute Gasteiger partial charge is 0.464 e. The van der Waals surface area contributed by atoms with Gasteiger partial charge >= 0.3 is 11.9 Å². The number of rotatable bonds is 6. The van der Waals surface area contributed by atoms with E-state index in [2.05, 4.69) is 0 Å². The quantitative estimate of drug-likeness (QED) is 0.686. The van der Waals surface area contributed by atoms with Crippen molar-refractivity contribution < 1.29 is 19.1 Å². The molecule has 2 N–H and O–H groups in total. The minimum Gasteiger partial charge on any atom is -0.464 e. The standard InChI is InChI=1S/C11H21NO4/c1-7(2)6-15-11(14)9(12)5-10(13)16-8(3)4/h7-9H,5-6,12H2,1-4H3/t9-/m0/s1. The molecule has 16 heavy (non-hydrogen) atoms. The average Bonchev–Trinajstić information content (AvgIpc) is 2.12. The molecule has 0 saturated carbocycles. The van der Waals surface area contributed by atoms with Gasteiger partial charge in [-0.3, -0.25) is 9.59 Å². The molecule has 0 aliphatic heterocycles. The Morgan fingerprint density at radius 3 is 2.19 bits per heavy atom. The molecule has 0 rings (SSSR count). The Balaban J connectivity index is 3.91. The van der Waals surface area contributed by atoms with Crippen molar-refractivity contribution in [3.8, 4) is 0 Å². The minimum atomic E-state index is -0.940. The van der Waals surface area contributed by atoms with Crippen LogP contribution in [0.3, 0.4) is 0 Å². The van der Waals surface area contributed by atoms with E-state index in [4.69, 9.17) is 15.2 Å². The third-order valence-electron chi connectivity index (χ3n) is 1.62.